The number of nitrogens with one attached hydrogen (secondary N) is 1. The predicted octanol–water partition coefficient (Wildman–Crippen LogP) is 5.17. The average Bonchev–Trinajstić information content (AvgIpc) is 2.59. The molecule has 2 nitrogen and oxygen atoms in total. The lowest BCUT2D eigenvalue weighted by Crippen LogP contribution is -2.11. The fourth-order valence-corrected chi connectivity index (χ4v) is 3.67. The number of carbonyl (C=O) groups is 1. The van der Waals surface area contributed by atoms with E-state index >= 15 is 0 Å². The van der Waals surface area contributed by atoms with E-state index in [0.717, 1.165) is 16.1 Å². The van der Waals surface area contributed by atoms with Crippen molar-refractivity contribution in [3.63, 3.8) is 0 Å². The summed E-state index contributed by atoms with van der Waals surface area (Å²) in [6.45, 7) is 0. The molecule has 1 unspecified atom stereocenters. The first-order valence-electron chi connectivity index (χ1n) is 6.14. The minimum absolute atomic E-state index is 0.0125. The second-order valence-electron chi connectivity index (χ2n) is 4.53. The maximum Gasteiger partial charge on any atom is 0.225 e. The van der Waals surface area contributed by atoms with Crippen LogP contribution in [0.15, 0.2) is 47.4 Å². The number of hydrogen-bond donors (Lipinski definition) is 1. The number of benzene rings is 2. The van der Waals surface area contributed by atoms with E-state index in [2.05, 4.69) is 5.32 Å². The molecule has 0 aromatic heterocycles. The predicted molar refractivity (Wildman–Crippen MR) is 84.7 cm³/mol. The van der Waals surface area contributed by atoms with Crippen molar-refractivity contribution in [1.29, 1.82) is 0 Å². The van der Waals surface area contributed by atoms with Gasteiger partial charge in [0.15, 0.2) is 0 Å². The van der Waals surface area contributed by atoms with Gasteiger partial charge in [-0.15, -0.1) is 11.8 Å². The Labute approximate surface area is 131 Å². The number of fused-ring (bicyclic) bond motifs is 1. The van der Waals surface area contributed by atoms with E-state index in [-0.39, 0.29) is 11.2 Å². The number of halogens is 2. The third-order valence-electron chi connectivity index (χ3n) is 3.12. The van der Waals surface area contributed by atoms with Crippen molar-refractivity contribution in [3.8, 4) is 0 Å². The van der Waals surface area contributed by atoms with E-state index in [1.54, 1.807) is 17.8 Å². The molecule has 0 saturated carbocycles. The number of rotatable bonds is 1. The summed E-state index contributed by atoms with van der Waals surface area (Å²) < 4.78 is 0. The Bertz CT molecular complexity index is 675. The summed E-state index contributed by atoms with van der Waals surface area (Å²) in [5.41, 5.74) is 1.88. The summed E-state index contributed by atoms with van der Waals surface area (Å²) in [6.07, 6.45) is 0.414. The quantitative estimate of drug-likeness (QED) is 0.784. The molecule has 1 N–H and O–H groups in total. The third kappa shape index (κ3) is 2.80. The molecule has 0 saturated heterocycles. The minimum Gasteiger partial charge on any atom is -0.325 e. The van der Waals surface area contributed by atoms with Crippen molar-refractivity contribution in [3.05, 3.63) is 58.1 Å². The monoisotopic (exact) mass is 323 g/mol. The fourth-order valence-electron chi connectivity index (χ4n) is 2.14. The number of para-hydroxylation sites is 1. The fraction of sp³-hybridized carbons (Fsp3) is 0.133. The first kappa shape index (κ1) is 13.8. The normalized spacial score (nSPS) is 18.1. The van der Waals surface area contributed by atoms with Crippen LogP contribution in [0, 0.1) is 0 Å². The lowest BCUT2D eigenvalue weighted by atomic mass is 10.1. The maximum absolute atomic E-state index is 12.0. The van der Waals surface area contributed by atoms with E-state index in [1.165, 1.54) is 0 Å². The van der Waals surface area contributed by atoms with Crippen molar-refractivity contribution >= 4 is 46.6 Å². The molecule has 1 amide bonds. The first-order chi connectivity index (χ1) is 9.63. The summed E-state index contributed by atoms with van der Waals surface area (Å²) in [5.74, 6) is 0.0125. The molecule has 1 atom stereocenters. The zero-order valence-electron chi connectivity index (χ0n) is 10.4. The standard InChI is InChI=1S/C15H11Cl2NOS/c16-10-6-5-9(7-11(10)17)14-8-15(19)18-12-3-1-2-4-13(12)20-14/h1-7,14H,8H2,(H,18,19). The topological polar surface area (TPSA) is 29.1 Å². The van der Waals surface area contributed by atoms with E-state index < -0.39 is 0 Å². The van der Waals surface area contributed by atoms with Gasteiger partial charge < -0.3 is 5.32 Å². The first-order valence-corrected chi connectivity index (χ1v) is 7.77. The molecule has 1 aliphatic heterocycles. The van der Waals surface area contributed by atoms with Crippen molar-refractivity contribution < 1.29 is 4.79 Å². The molecule has 0 fully saturated rings. The third-order valence-corrected chi connectivity index (χ3v) is 5.19. The second-order valence-corrected chi connectivity index (χ2v) is 6.59. The Morgan fingerprint density at radius 1 is 1.10 bits per heavy atom. The lowest BCUT2D eigenvalue weighted by Gasteiger charge is -2.14. The van der Waals surface area contributed by atoms with Crippen LogP contribution in [0.1, 0.15) is 17.2 Å². The molecule has 2 aromatic rings. The Kier molecular flexibility index (Phi) is 3.92. The molecule has 3 rings (SSSR count). The number of anilines is 1. The van der Waals surface area contributed by atoms with Gasteiger partial charge in [-0.25, -0.2) is 0 Å². The van der Waals surface area contributed by atoms with Crippen LogP contribution in [0.3, 0.4) is 0 Å². The molecule has 20 heavy (non-hydrogen) atoms. The van der Waals surface area contributed by atoms with Crippen molar-refractivity contribution in [2.24, 2.45) is 0 Å². The smallest absolute Gasteiger partial charge is 0.225 e. The van der Waals surface area contributed by atoms with Crippen molar-refractivity contribution in [1.82, 2.24) is 0 Å². The van der Waals surface area contributed by atoms with Gasteiger partial charge in [0, 0.05) is 16.6 Å². The SMILES string of the molecule is O=C1CC(c2ccc(Cl)c(Cl)c2)Sc2ccccc2N1. The van der Waals surface area contributed by atoms with Crippen LogP contribution in [0.5, 0.6) is 0 Å². The highest BCUT2D eigenvalue weighted by Crippen LogP contribution is 2.44. The Hall–Kier alpha value is -1.16. The van der Waals surface area contributed by atoms with Crippen LogP contribution in [0.4, 0.5) is 5.69 Å². The van der Waals surface area contributed by atoms with Gasteiger partial charge in [0.1, 0.15) is 0 Å². The Balaban J connectivity index is 1.98. The summed E-state index contributed by atoms with van der Waals surface area (Å²) in [7, 11) is 0. The number of carbonyl (C=O) groups excluding carboxylic acids is 1. The van der Waals surface area contributed by atoms with Gasteiger partial charge in [-0.3, -0.25) is 4.79 Å². The molecule has 1 aliphatic rings. The number of hydrogen-bond acceptors (Lipinski definition) is 2. The Morgan fingerprint density at radius 3 is 2.70 bits per heavy atom. The van der Waals surface area contributed by atoms with Gasteiger partial charge in [0.05, 0.1) is 15.7 Å². The van der Waals surface area contributed by atoms with Gasteiger partial charge in [-0.1, -0.05) is 41.4 Å². The molecular weight excluding hydrogens is 313 g/mol. The molecule has 0 bridgehead atoms. The highest BCUT2D eigenvalue weighted by molar-refractivity contribution is 7.99. The summed E-state index contributed by atoms with van der Waals surface area (Å²) in [4.78, 5) is 13.1. The molecule has 0 spiro atoms. The van der Waals surface area contributed by atoms with Gasteiger partial charge in [-0.2, -0.15) is 0 Å². The molecule has 102 valence electrons. The summed E-state index contributed by atoms with van der Waals surface area (Å²) in [5, 5.41) is 4.01. The van der Waals surface area contributed by atoms with Gasteiger partial charge in [0.2, 0.25) is 5.91 Å². The molecule has 1 heterocycles. The van der Waals surface area contributed by atoms with E-state index in [9.17, 15) is 4.79 Å². The van der Waals surface area contributed by atoms with E-state index in [4.69, 9.17) is 23.2 Å². The van der Waals surface area contributed by atoms with Crippen LogP contribution in [-0.2, 0) is 4.79 Å². The largest absolute Gasteiger partial charge is 0.325 e. The zero-order valence-corrected chi connectivity index (χ0v) is 12.7. The van der Waals surface area contributed by atoms with Gasteiger partial charge in [0.25, 0.3) is 0 Å². The summed E-state index contributed by atoms with van der Waals surface area (Å²) >= 11 is 13.7. The highest BCUT2D eigenvalue weighted by atomic mass is 35.5. The minimum atomic E-state index is 0.0125. The van der Waals surface area contributed by atoms with Crippen molar-refractivity contribution in [2.45, 2.75) is 16.6 Å². The molecule has 0 aliphatic carbocycles. The van der Waals surface area contributed by atoms with Gasteiger partial charge >= 0.3 is 0 Å². The van der Waals surface area contributed by atoms with Gasteiger partial charge in [-0.05, 0) is 29.8 Å². The van der Waals surface area contributed by atoms with E-state index in [0.29, 0.717) is 16.5 Å². The molecular formula is C15H11Cl2NOS. The van der Waals surface area contributed by atoms with Crippen LogP contribution in [-0.4, -0.2) is 5.91 Å². The van der Waals surface area contributed by atoms with E-state index in [1.807, 2.05) is 36.4 Å². The average molecular weight is 324 g/mol. The number of amides is 1. The molecule has 2 aromatic carbocycles. The Morgan fingerprint density at radius 2 is 1.90 bits per heavy atom. The number of thioether (sulfide) groups is 1. The lowest BCUT2D eigenvalue weighted by molar-refractivity contribution is -0.116. The van der Waals surface area contributed by atoms with Crippen LogP contribution >= 0.6 is 35.0 Å². The highest BCUT2D eigenvalue weighted by Gasteiger charge is 2.23. The summed E-state index contributed by atoms with van der Waals surface area (Å²) in [6, 6.07) is 13.3. The van der Waals surface area contributed by atoms with Crippen LogP contribution < -0.4 is 5.32 Å². The zero-order chi connectivity index (χ0) is 14.1. The van der Waals surface area contributed by atoms with Crippen LogP contribution in [0.25, 0.3) is 0 Å². The van der Waals surface area contributed by atoms with Crippen LogP contribution in [0.2, 0.25) is 10.0 Å². The van der Waals surface area contributed by atoms with Crippen molar-refractivity contribution in [2.75, 3.05) is 5.32 Å². The maximum atomic E-state index is 12.0. The molecule has 5 heteroatoms. The molecule has 0 radical (unpaired) electrons. The second kappa shape index (κ2) is 5.68.